The van der Waals surface area contributed by atoms with Gasteiger partial charge in [0.15, 0.2) is 0 Å². The molecule has 1 fully saturated rings. The number of carbonyl (C=O) groups excluding carboxylic acids is 1. The van der Waals surface area contributed by atoms with E-state index >= 15 is 0 Å². The molecule has 0 aromatic heterocycles. The molecule has 0 aromatic rings. The number of hydrogen-bond acceptors (Lipinski definition) is 2. The van der Waals surface area contributed by atoms with Crippen molar-refractivity contribution in [1.82, 2.24) is 5.32 Å². The van der Waals surface area contributed by atoms with Crippen molar-refractivity contribution in [3.05, 3.63) is 0 Å². The molecule has 2 atom stereocenters. The lowest BCUT2D eigenvalue weighted by atomic mass is 9.91. The molecule has 1 aliphatic carbocycles. The summed E-state index contributed by atoms with van der Waals surface area (Å²) in [5.41, 5.74) is 0. The van der Waals surface area contributed by atoms with Crippen molar-refractivity contribution in [2.75, 3.05) is 7.05 Å². The first-order valence-corrected chi connectivity index (χ1v) is 6.28. The highest BCUT2D eigenvalue weighted by atomic mass is 16.1. The van der Waals surface area contributed by atoms with Gasteiger partial charge in [0.05, 0.1) is 0 Å². The molecule has 2 heteroatoms. The van der Waals surface area contributed by atoms with Gasteiger partial charge in [-0.25, -0.2) is 0 Å². The van der Waals surface area contributed by atoms with Crippen LogP contribution in [-0.2, 0) is 4.79 Å². The van der Waals surface area contributed by atoms with Crippen molar-refractivity contribution in [1.29, 1.82) is 0 Å². The summed E-state index contributed by atoms with van der Waals surface area (Å²) in [6.07, 6.45) is 6.86. The van der Waals surface area contributed by atoms with Gasteiger partial charge in [-0.2, -0.15) is 0 Å². The standard InChI is InChI=1S/C9H19N.C4H8O/c1-7(2)8-5-4-6-9(8)10-3;1-2-3-4-5/h7-10H,4-6H2,1-3H3;4H,2-3H2,1H3. The van der Waals surface area contributed by atoms with E-state index in [0.717, 1.165) is 30.6 Å². The summed E-state index contributed by atoms with van der Waals surface area (Å²) < 4.78 is 0. The minimum atomic E-state index is 0.708. The Balaban J connectivity index is 0.000000336. The largest absolute Gasteiger partial charge is 0.317 e. The maximum atomic E-state index is 9.40. The SMILES string of the molecule is CCCC=O.CNC1CCCC1C(C)C. The van der Waals surface area contributed by atoms with E-state index in [4.69, 9.17) is 0 Å². The molecule has 0 bridgehead atoms. The van der Waals surface area contributed by atoms with Gasteiger partial charge in [-0.3, -0.25) is 0 Å². The fourth-order valence-corrected chi connectivity index (χ4v) is 2.26. The third kappa shape index (κ3) is 5.93. The zero-order chi connectivity index (χ0) is 11.7. The van der Waals surface area contributed by atoms with E-state index in [1.807, 2.05) is 6.92 Å². The summed E-state index contributed by atoms with van der Waals surface area (Å²) in [5.74, 6) is 1.80. The molecule has 0 aromatic carbocycles. The Bertz CT molecular complexity index is 157. The maximum Gasteiger partial charge on any atom is 0.119 e. The van der Waals surface area contributed by atoms with Crippen LogP contribution in [0.3, 0.4) is 0 Å². The Morgan fingerprint density at radius 2 is 2.07 bits per heavy atom. The van der Waals surface area contributed by atoms with Crippen molar-refractivity contribution in [2.24, 2.45) is 11.8 Å². The summed E-state index contributed by atoms with van der Waals surface area (Å²) in [5, 5.41) is 3.40. The quantitative estimate of drug-likeness (QED) is 0.727. The molecule has 1 saturated carbocycles. The van der Waals surface area contributed by atoms with Crippen LogP contribution in [0.5, 0.6) is 0 Å². The molecule has 0 amide bonds. The van der Waals surface area contributed by atoms with E-state index in [9.17, 15) is 4.79 Å². The zero-order valence-electron chi connectivity index (χ0n) is 10.8. The Morgan fingerprint density at radius 3 is 2.33 bits per heavy atom. The first kappa shape index (κ1) is 14.6. The predicted octanol–water partition coefficient (Wildman–Crippen LogP) is 3.02. The maximum absolute atomic E-state index is 9.40. The van der Waals surface area contributed by atoms with E-state index in [2.05, 4.69) is 26.2 Å². The van der Waals surface area contributed by atoms with Crippen molar-refractivity contribution in [3.63, 3.8) is 0 Å². The van der Waals surface area contributed by atoms with Crippen LogP contribution < -0.4 is 5.32 Å². The first-order valence-electron chi connectivity index (χ1n) is 6.28. The molecule has 1 rings (SSSR count). The van der Waals surface area contributed by atoms with Crippen LogP contribution in [0, 0.1) is 11.8 Å². The fraction of sp³-hybridized carbons (Fsp3) is 0.923. The second-order valence-corrected chi connectivity index (χ2v) is 4.69. The highest BCUT2D eigenvalue weighted by Gasteiger charge is 2.27. The normalized spacial score (nSPS) is 24.9. The molecule has 0 saturated heterocycles. The molecule has 1 N–H and O–H groups in total. The Labute approximate surface area is 94.8 Å². The first-order chi connectivity index (χ1) is 7.17. The second-order valence-electron chi connectivity index (χ2n) is 4.69. The summed E-state index contributed by atoms with van der Waals surface area (Å²) >= 11 is 0. The third-order valence-corrected chi connectivity index (χ3v) is 3.20. The highest BCUT2D eigenvalue weighted by molar-refractivity contribution is 5.48. The average molecular weight is 213 g/mol. The van der Waals surface area contributed by atoms with Crippen LogP contribution >= 0.6 is 0 Å². The molecule has 1 aliphatic rings. The van der Waals surface area contributed by atoms with E-state index in [0.29, 0.717) is 6.42 Å². The molecule has 0 aliphatic heterocycles. The lowest BCUT2D eigenvalue weighted by Crippen LogP contribution is -2.31. The topological polar surface area (TPSA) is 29.1 Å². The van der Waals surface area contributed by atoms with Crippen molar-refractivity contribution in [2.45, 2.75) is 58.9 Å². The van der Waals surface area contributed by atoms with Gasteiger partial charge < -0.3 is 10.1 Å². The van der Waals surface area contributed by atoms with E-state index in [1.54, 1.807) is 0 Å². The number of aldehydes is 1. The summed E-state index contributed by atoms with van der Waals surface area (Å²) in [6.45, 7) is 6.65. The monoisotopic (exact) mass is 213 g/mol. The molecular formula is C13H27NO. The number of hydrogen-bond donors (Lipinski definition) is 1. The van der Waals surface area contributed by atoms with Crippen LogP contribution in [0.4, 0.5) is 0 Å². The minimum Gasteiger partial charge on any atom is -0.317 e. The average Bonchev–Trinajstić information content (AvgIpc) is 2.67. The van der Waals surface area contributed by atoms with Crippen molar-refractivity contribution >= 4 is 6.29 Å². The van der Waals surface area contributed by atoms with Gasteiger partial charge in [-0.1, -0.05) is 27.2 Å². The Hall–Kier alpha value is -0.370. The third-order valence-electron chi connectivity index (χ3n) is 3.20. The van der Waals surface area contributed by atoms with Crippen LogP contribution in [0.2, 0.25) is 0 Å². The van der Waals surface area contributed by atoms with Crippen LogP contribution in [0.15, 0.2) is 0 Å². The summed E-state index contributed by atoms with van der Waals surface area (Å²) in [6, 6.07) is 0.806. The molecule has 90 valence electrons. The molecule has 2 nitrogen and oxygen atoms in total. The summed E-state index contributed by atoms with van der Waals surface area (Å²) in [7, 11) is 2.09. The number of rotatable bonds is 4. The molecule has 0 heterocycles. The smallest absolute Gasteiger partial charge is 0.119 e. The Morgan fingerprint density at radius 1 is 1.40 bits per heavy atom. The number of unbranched alkanes of at least 4 members (excludes halogenated alkanes) is 1. The van der Waals surface area contributed by atoms with E-state index in [-0.39, 0.29) is 0 Å². The van der Waals surface area contributed by atoms with Crippen LogP contribution in [0.25, 0.3) is 0 Å². The van der Waals surface area contributed by atoms with Crippen LogP contribution in [0.1, 0.15) is 52.9 Å². The number of nitrogens with one attached hydrogen (secondary N) is 1. The molecule has 0 spiro atoms. The fourth-order valence-electron chi connectivity index (χ4n) is 2.26. The van der Waals surface area contributed by atoms with Gasteiger partial charge in [0.25, 0.3) is 0 Å². The lowest BCUT2D eigenvalue weighted by Gasteiger charge is -2.22. The van der Waals surface area contributed by atoms with Gasteiger partial charge in [0.2, 0.25) is 0 Å². The van der Waals surface area contributed by atoms with Crippen LogP contribution in [-0.4, -0.2) is 19.4 Å². The molecule has 0 radical (unpaired) electrons. The van der Waals surface area contributed by atoms with E-state index < -0.39 is 0 Å². The van der Waals surface area contributed by atoms with Gasteiger partial charge >= 0.3 is 0 Å². The van der Waals surface area contributed by atoms with Gasteiger partial charge in [-0.05, 0) is 38.1 Å². The van der Waals surface area contributed by atoms with E-state index in [1.165, 1.54) is 19.3 Å². The summed E-state index contributed by atoms with van der Waals surface area (Å²) in [4.78, 5) is 9.40. The lowest BCUT2D eigenvalue weighted by molar-refractivity contribution is -0.107. The predicted molar refractivity (Wildman–Crippen MR) is 66.0 cm³/mol. The van der Waals surface area contributed by atoms with Gasteiger partial charge in [-0.15, -0.1) is 0 Å². The molecular weight excluding hydrogens is 186 g/mol. The van der Waals surface area contributed by atoms with Crippen molar-refractivity contribution < 1.29 is 4.79 Å². The molecule has 15 heavy (non-hydrogen) atoms. The van der Waals surface area contributed by atoms with Gasteiger partial charge in [0, 0.05) is 12.5 Å². The minimum absolute atomic E-state index is 0.708. The number of carbonyl (C=O) groups is 1. The Kier molecular flexibility index (Phi) is 8.68. The zero-order valence-corrected chi connectivity index (χ0v) is 10.8. The highest BCUT2D eigenvalue weighted by Crippen LogP contribution is 2.30. The van der Waals surface area contributed by atoms with Crippen molar-refractivity contribution in [3.8, 4) is 0 Å². The van der Waals surface area contributed by atoms with Gasteiger partial charge in [0.1, 0.15) is 6.29 Å². The molecule has 2 unspecified atom stereocenters. The second kappa shape index (κ2) is 8.90.